The molecule has 0 saturated carbocycles. The second-order valence-corrected chi connectivity index (χ2v) is 8.49. The third kappa shape index (κ3) is 4.59. The van der Waals surface area contributed by atoms with Gasteiger partial charge in [0.25, 0.3) is 0 Å². The number of benzene rings is 1. The summed E-state index contributed by atoms with van der Waals surface area (Å²) in [5.74, 6) is 1.59. The van der Waals surface area contributed by atoms with E-state index in [0.717, 1.165) is 34.2 Å². The van der Waals surface area contributed by atoms with Crippen LogP contribution in [0.5, 0.6) is 0 Å². The molecular formula is C20H24N4OS2. The standard InChI is InChI=1S/C20H24N4OS2/c1-5-14-8-6-7-9-16(14)21-18(25)12-27-20-23-22-19(24(20)4)15-10-17(13(2)3)26-11-15/h6-11,13H,5,12H2,1-4H3,(H,21,25). The SMILES string of the molecule is CCc1ccccc1NC(=O)CSc1nnc(-c2csc(C(C)C)c2)n1C. The first-order valence-corrected chi connectivity index (χ1v) is 10.8. The van der Waals surface area contributed by atoms with Gasteiger partial charge in [0.2, 0.25) is 5.91 Å². The number of carbonyl (C=O) groups excluding carboxylic acids is 1. The number of thiophene rings is 1. The van der Waals surface area contributed by atoms with Crippen LogP contribution in [-0.4, -0.2) is 26.4 Å². The van der Waals surface area contributed by atoms with Gasteiger partial charge in [-0.1, -0.05) is 50.7 Å². The van der Waals surface area contributed by atoms with Crippen molar-refractivity contribution in [1.29, 1.82) is 0 Å². The summed E-state index contributed by atoms with van der Waals surface area (Å²) in [6.07, 6.45) is 0.884. The molecular weight excluding hydrogens is 376 g/mol. The molecule has 2 heterocycles. The summed E-state index contributed by atoms with van der Waals surface area (Å²) in [7, 11) is 1.94. The van der Waals surface area contributed by atoms with Gasteiger partial charge >= 0.3 is 0 Å². The molecule has 0 aliphatic heterocycles. The molecule has 142 valence electrons. The summed E-state index contributed by atoms with van der Waals surface area (Å²) in [5.41, 5.74) is 3.09. The lowest BCUT2D eigenvalue weighted by Crippen LogP contribution is -2.15. The van der Waals surface area contributed by atoms with Crippen molar-refractivity contribution in [3.05, 3.63) is 46.2 Å². The maximum Gasteiger partial charge on any atom is 0.234 e. The fraction of sp³-hybridized carbons (Fsp3) is 0.350. The Morgan fingerprint density at radius 3 is 2.78 bits per heavy atom. The molecule has 5 nitrogen and oxygen atoms in total. The monoisotopic (exact) mass is 400 g/mol. The smallest absolute Gasteiger partial charge is 0.234 e. The number of carbonyl (C=O) groups is 1. The average Bonchev–Trinajstić information content (AvgIpc) is 3.27. The highest BCUT2D eigenvalue weighted by molar-refractivity contribution is 7.99. The van der Waals surface area contributed by atoms with E-state index in [2.05, 4.69) is 47.7 Å². The Kier molecular flexibility index (Phi) is 6.34. The quantitative estimate of drug-likeness (QED) is 0.570. The van der Waals surface area contributed by atoms with Crippen LogP contribution in [0, 0.1) is 0 Å². The van der Waals surface area contributed by atoms with E-state index in [-0.39, 0.29) is 5.91 Å². The number of hydrogen-bond acceptors (Lipinski definition) is 5. The fourth-order valence-electron chi connectivity index (χ4n) is 2.73. The van der Waals surface area contributed by atoms with E-state index < -0.39 is 0 Å². The molecule has 0 bridgehead atoms. The number of amides is 1. The number of aryl methyl sites for hydroxylation is 1. The van der Waals surface area contributed by atoms with Crippen LogP contribution < -0.4 is 5.32 Å². The molecule has 0 fully saturated rings. The van der Waals surface area contributed by atoms with Crippen LogP contribution in [0.3, 0.4) is 0 Å². The summed E-state index contributed by atoms with van der Waals surface area (Å²) < 4.78 is 1.95. The molecule has 0 unspecified atom stereocenters. The van der Waals surface area contributed by atoms with Crippen LogP contribution in [0.2, 0.25) is 0 Å². The molecule has 0 atom stereocenters. The predicted octanol–water partition coefficient (Wildman–Crippen LogP) is 4.96. The molecule has 0 radical (unpaired) electrons. The van der Waals surface area contributed by atoms with Crippen LogP contribution in [-0.2, 0) is 18.3 Å². The van der Waals surface area contributed by atoms with Crippen molar-refractivity contribution in [2.45, 2.75) is 38.3 Å². The second kappa shape index (κ2) is 8.71. The van der Waals surface area contributed by atoms with E-state index in [1.165, 1.54) is 16.6 Å². The van der Waals surface area contributed by atoms with Crippen molar-refractivity contribution >= 4 is 34.7 Å². The van der Waals surface area contributed by atoms with E-state index in [9.17, 15) is 4.79 Å². The first-order valence-electron chi connectivity index (χ1n) is 8.98. The van der Waals surface area contributed by atoms with E-state index >= 15 is 0 Å². The zero-order valence-corrected chi connectivity index (χ0v) is 17.7. The molecule has 27 heavy (non-hydrogen) atoms. The summed E-state index contributed by atoms with van der Waals surface area (Å²) in [5, 5.41) is 14.4. The number of nitrogens with one attached hydrogen (secondary N) is 1. The van der Waals surface area contributed by atoms with Gasteiger partial charge in [-0.05, 0) is 30.0 Å². The van der Waals surface area contributed by atoms with Crippen LogP contribution in [0.1, 0.15) is 37.1 Å². The van der Waals surface area contributed by atoms with Gasteiger partial charge in [-0.2, -0.15) is 0 Å². The van der Waals surface area contributed by atoms with Gasteiger partial charge in [0, 0.05) is 28.6 Å². The number of thioether (sulfide) groups is 1. The molecule has 1 aromatic carbocycles. The average molecular weight is 401 g/mol. The van der Waals surface area contributed by atoms with Crippen molar-refractivity contribution in [3.8, 4) is 11.4 Å². The Hall–Kier alpha value is -2.12. The first kappa shape index (κ1) is 19.6. The topological polar surface area (TPSA) is 59.8 Å². The summed E-state index contributed by atoms with van der Waals surface area (Å²) in [6, 6.07) is 10.1. The molecule has 0 spiro atoms. The molecule has 3 rings (SSSR count). The molecule has 0 aliphatic rings. The Bertz CT molecular complexity index is 930. The van der Waals surface area contributed by atoms with Gasteiger partial charge in [0.15, 0.2) is 11.0 Å². The number of aromatic nitrogens is 3. The molecule has 1 N–H and O–H groups in total. The maximum absolute atomic E-state index is 12.3. The highest BCUT2D eigenvalue weighted by atomic mass is 32.2. The number of nitrogens with zero attached hydrogens (tertiary/aromatic N) is 3. The van der Waals surface area contributed by atoms with Crippen molar-refractivity contribution in [2.24, 2.45) is 7.05 Å². The van der Waals surface area contributed by atoms with Gasteiger partial charge in [-0.25, -0.2) is 0 Å². The number of anilines is 1. The van der Waals surface area contributed by atoms with Gasteiger partial charge in [0.05, 0.1) is 5.75 Å². The van der Waals surface area contributed by atoms with Crippen molar-refractivity contribution in [2.75, 3.05) is 11.1 Å². The predicted molar refractivity (Wildman–Crippen MR) is 114 cm³/mol. The van der Waals surface area contributed by atoms with E-state index in [1.54, 1.807) is 11.3 Å². The molecule has 3 aromatic rings. The lowest BCUT2D eigenvalue weighted by Gasteiger charge is -2.09. The van der Waals surface area contributed by atoms with E-state index in [4.69, 9.17) is 0 Å². The van der Waals surface area contributed by atoms with Crippen LogP contribution >= 0.6 is 23.1 Å². The Morgan fingerprint density at radius 1 is 1.30 bits per heavy atom. The minimum absolute atomic E-state index is 0.0388. The third-order valence-electron chi connectivity index (χ3n) is 4.29. The van der Waals surface area contributed by atoms with Crippen molar-refractivity contribution in [3.63, 3.8) is 0 Å². The largest absolute Gasteiger partial charge is 0.325 e. The van der Waals surface area contributed by atoms with Gasteiger partial charge < -0.3 is 9.88 Å². The zero-order valence-electron chi connectivity index (χ0n) is 16.0. The summed E-state index contributed by atoms with van der Waals surface area (Å²) in [6.45, 7) is 6.45. The zero-order chi connectivity index (χ0) is 19.4. The lowest BCUT2D eigenvalue weighted by molar-refractivity contribution is -0.113. The van der Waals surface area contributed by atoms with E-state index in [1.807, 2.05) is 35.9 Å². The molecule has 7 heteroatoms. The van der Waals surface area contributed by atoms with E-state index in [0.29, 0.717) is 11.7 Å². The molecule has 0 saturated heterocycles. The Morgan fingerprint density at radius 2 is 2.07 bits per heavy atom. The minimum atomic E-state index is -0.0388. The van der Waals surface area contributed by atoms with Crippen LogP contribution in [0.4, 0.5) is 5.69 Å². The summed E-state index contributed by atoms with van der Waals surface area (Å²) >= 11 is 3.14. The molecule has 2 aromatic heterocycles. The van der Waals surface area contributed by atoms with Crippen LogP contribution in [0.25, 0.3) is 11.4 Å². The maximum atomic E-state index is 12.3. The number of hydrogen-bond donors (Lipinski definition) is 1. The van der Waals surface area contributed by atoms with Gasteiger partial charge in [0.1, 0.15) is 0 Å². The Labute approximate surface area is 168 Å². The third-order valence-corrected chi connectivity index (χ3v) is 6.54. The van der Waals surface area contributed by atoms with Gasteiger partial charge in [-0.15, -0.1) is 21.5 Å². The number of para-hydroxylation sites is 1. The normalized spacial score (nSPS) is 11.1. The first-order chi connectivity index (χ1) is 13.0. The minimum Gasteiger partial charge on any atom is -0.325 e. The molecule has 1 amide bonds. The number of rotatable bonds is 7. The van der Waals surface area contributed by atoms with Crippen molar-refractivity contribution < 1.29 is 4.79 Å². The van der Waals surface area contributed by atoms with Crippen LogP contribution in [0.15, 0.2) is 40.9 Å². The Balaban J connectivity index is 1.64. The van der Waals surface area contributed by atoms with Gasteiger partial charge in [-0.3, -0.25) is 4.79 Å². The van der Waals surface area contributed by atoms with Crippen molar-refractivity contribution in [1.82, 2.24) is 14.8 Å². The lowest BCUT2D eigenvalue weighted by atomic mass is 10.1. The fourth-order valence-corrected chi connectivity index (χ4v) is 4.35. The summed E-state index contributed by atoms with van der Waals surface area (Å²) in [4.78, 5) is 13.7. The highest BCUT2D eigenvalue weighted by Gasteiger charge is 2.15. The second-order valence-electron chi connectivity index (χ2n) is 6.61. The highest BCUT2D eigenvalue weighted by Crippen LogP contribution is 2.30. The molecule has 0 aliphatic carbocycles.